The molecule has 74 valence electrons. The van der Waals surface area contributed by atoms with Gasteiger partial charge in [0.05, 0.1) is 0 Å². The number of hydrogen-bond acceptors (Lipinski definition) is 0. The van der Waals surface area contributed by atoms with Crippen molar-refractivity contribution in [3.63, 3.8) is 0 Å². The standard InChI is InChI=1S/C9H17ClF2/c1-7(6-10)5-8(2,3)9(4,11)12/h7H,5-6H2,1-4H3. The van der Waals surface area contributed by atoms with E-state index >= 15 is 0 Å². The smallest absolute Gasteiger partial charge is 0.207 e. The molecule has 1 unspecified atom stereocenters. The highest BCUT2D eigenvalue weighted by Crippen LogP contribution is 2.40. The molecule has 0 bridgehead atoms. The minimum Gasteiger partial charge on any atom is -0.207 e. The van der Waals surface area contributed by atoms with Gasteiger partial charge in [-0.3, -0.25) is 0 Å². The molecule has 0 N–H and O–H groups in total. The molecule has 0 radical (unpaired) electrons. The van der Waals surface area contributed by atoms with Gasteiger partial charge in [0, 0.05) is 11.3 Å². The maximum atomic E-state index is 13.0. The lowest BCUT2D eigenvalue weighted by atomic mass is 9.79. The van der Waals surface area contributed by atoms with E-state index < -0.39 is 11.3 Å². The first-order valence-corrected chi connectivity index (χ1v) is 4.68. The van der Waals surface area contributed by atoms with Crippen LogP contribution in [0, 0.1) is 11.3 Å². The maximum Gasteiger partial charge on any atom is 0.250 e. The second kappa shape index (κ2) is 3.91. The predicted octanol–water partition coefficient (Wildman–Crippen LogP) is 3.93. The molecule has 0 aromatic heterocycles. The predicted molar refractivity (Wildman–Crippen MR) is 48.9 cm³/mol. The van der Waals surface area contributed by atoms with Crippen LogP contribution < -0.4 is 0 Å². The number of halogens is 3. The Morgan fingerprint density at radius 1 is 1.25 bits per heavy atom. The molecule has 0 aromatic rings. The summed E-state index contributed by atoms with van der Waals surface area (Å²) < 4.78 is 25.9. The van der Waals surface area contributed by atoms with Crippen LogP contribution in [0.1, 0.15) is 34.1 Å². The van der Waals surface area contributed by atoms with E-state index in [4.69, 9.17) is 11.6 Å². The highest BCUT2D eigenvalue weighted by Gasteiger charge is 2.42. The molecule has 0 aliphatic heterocycles. The lowest BCUT2D eigenvalue weighted by molar-refractivity contribution is -0.0968. The summed E-state index contributed by atoms with van der Waals surface area (Å²) in [6.45, 7) is 6.01. The van der Waals surface area contributed by atoms with Crippen molar-refractivity contribution in [2.75, 3.05) is 5.88 Å². The molecule has 0 rings (SSSR count). The van der Waals surface area contributed by atoms with Gasteiger partial charge < -0.3 is 0 Å². The first-order valence-electron chi connectivity index (χ1n) is 4.14. The Hall–Kier alpha value is 0.150. The van der Waals surface area contributed by atoms with Crippen molar-refractivity contribution in [2.24, 2.45) is 11.3 Å². The van der Waals surface area contributed by atoms with Crippen molar-refractivity contribution in [2.45, 2.75) is 40.0 Å². The third-order valence-corrected chi connectivity index (χ3v) is 2.84. The molecule has 12 heavy (non-hydrogen) atoms. The fourth-order valence-corrected chi connectivity index (χ4v) is 1.21. The van der Waals surface area contributed by atoms with E-state index in [1.165, 1.54) is 0 Å². The molecule has 0 aliphatic rings. The number of alkyl halides is 3. The fraction of sp³-hybridized carbons (Fsp3) is 1.00. The Bertz CT molecular complexity index is 138. The Kier molecular flexibility index (Phi) is 3.95. The van der Waals surface area contributed by atoms with E-state index in [1.54, 1.807) is 13.8 Å². The normalized spacial score (nSPS) is 16.2. The molecule has 0 aromatic carbocycles. The Labute approximate surface area is 78.3 Å². The second-order valence-electron chi connectivity index (χ2n) is 4.24. The zero-order valence-electron chi connectivity index (χ0n) is 8.13. The van der Waals surface area contributed by atoms with Gasteiger partial charge in [-0.2, -0.15) is 0 Å². The molecular weight excluding hydrogens is 182 g/mol. The number of hydrogen-bond donors (Lipinski definition) is 0. The molecule has 0 fully saturated rings. The SMILES string of the molecule is CC(CCl)CC(C)(C)C(C)(F)F. The van der Waals surface area contributed by atoms with E-state index in [0.29, 0.717) is 12.3 Å². The molecule has 0 spiro atoms. The molecule has 0 aliphatic carbocycles. The van der Waals surface area contributed by atoms with Crippen LogP contribution in [0.15, 0.2) is 0 Å². The van der Waals surface area contributed by atoms with E-state index in [1.807, 2.05) is 6.92 Å². The first kappa shape index (κ1) is 12.2. The van der Waals surface area contributed by atoms with Crippen molar-refractivity contribution >= 4 is 11.6 Å². The Balaban J connectivity index is 4.22. The van der Waals surface area contributed by atoms with Crippen LogP contribution in [-0.4, -0.2) is 11.8 Å². The zero-order valence-corrected chi connectivity index (χ0v) is 8.88. The van der Waals surface area contributed by atoms with Gasteiger partial charge >= 0.3 is 0 Å². The lowest BCUT2D eigenvalue weighted by Crippen LogP contribution is -2.35. The van der Waals surface area contributed by atoms with Gasteiger partial charge in [0.2, 0.25) is 5.92 Å². The van der Waals surface area contributed by atoms with E-state index in [-0.39, 0.29) is 5.92 Å². The molecule has 0 amide bonds. The van der Waals surface area contributed by atoms with Gasteiger partial charge in [-0.25, -0.2) is 8.78 Å². The zero-order chi connectivity index (χ0) is 9.99. The average molecular weight is 199 g/mol. The van der Waals surface area contributed by atoms with Crippen molar-refractivity contribution in [3.05, 3.63) is 0 Å². The van der Waals surface area contributed by atoms with E-state index in [0.717, 1.165) is 6.92 Å². The van der Waals surface area contributed by atoms with Crippen LogP contribution in [0.25, 0.3) is 0 Å². The summed E-state index contributed by atoms with van der Waals surface area (Å²) in [5.41, 5.74) is -0.957. The second-order valence-corrected chi connectivity index (χ2v) is 4.54. The summed E-state index contributed by atoms with van der Waals surface area (Å²) in [5, 5.41) is 0. The molecule has 3 heteroatoms. The van der Waals surface area contributed by atoms with Gasteiger partial charge in [-0.1, -0.05) is 20.8 Å². The van der Waals surface area contributed by atoms with Crippen molar-refractivity contribution in [1.82, 2.24) is 0 Å². The van der Waals surface area contributed by atoms with Crippen molar-refractivity contribution in [1.29, 1.82) is 0 Å². The molecule has 0 saturated carbocycles. The van der Waals surface area contributed by atoms with Gasteiger partial charge in [0.15, 0.2) is 0 Å². The molecule has 0 nitrogen and oxygen atoms in total. The topological polar surface area (TPSA) is 0 Å². The van der Waals surface area contributed by atoms with Gasteiger partial charge in [0.25, 0.3) is 0 Å². The van der Waals surface area contributed by atoms with Gasteiger partial charge in [0.1, 0.15) is 0 Å². The largest absolute Gasteiger partial charge is 0.250 e. The first-order chi connectivity index (χ1) is 5.20. The monoisotopic (exact) mass is 198 g/mol. The third-order valence-electron chi connectivity index (χ3n) is 2.31. The third kappa shape index (κ3) is 3.26. The van der Waals surface area contributed by atoms with Crippen LogP contribution in [0.3, 0.4) is 0 Å². The van der Waals surface area contributed by atoms with Crippen LogP contribution in [0.5, 0.6) is 0 Å². The van der Waals surface area contributed by atoms with E-state index in [2.05, 4.69) is 0 Å². The van der Waals surface area contributed by atoms with Crippen molar-refractivity contribution < 1.29 is 8.78 Å². The Morgan fingerprint density at radius 2 is 1.67 bits per heavy atom. The quantitative estimate of drug-likeness (QED) is 0.601. The average Bonchev–Trinajstić information content (AvgIpc) is 1.84. The highest BCUT2D eigenvalue weighted by atomic mass is 35.5. The minimum atomic E-state index is -2.63. The molecule has 0 saturated heterocycles. The maximum absolute atomic E-state index is 13.0. The fourth-order valence-electron chi connectivity index (χ4n) is 1.10. The Morgan fingerprint density at radius 3 is 1.92 bits per heavy atom. The summed E-state index contributed by atoms with van der Waals surface area (Å²) in [6.07, 6.45) is 0.458. The molecule has 1 atom stereocenters. The van der Waals surface area contributed by atoms with Crippen LogP contribution in [0.4, 0.5) is 8.78 Å². The summed E-state index contributed by atoms with van der Waals surface area (Å²) >= 11 is 5.56. The molecular formula is C9H17ClF2. The van der Waals surface area contributed by atoms with Crippen LogP contribution in [0.2, 0.25) is 0 Å². The summed E-state index contributed by atoms with van der Waals surface area (Å²) in [7, 11) is 0. The van der Waals surface area contributed by atoms with Crippen LogP contribution >= 0.6 is 11.6 Å². The summed E-state index contributed by atoms with van der Waals surface area (Å²) in [5.74, 6) is -2.04. The van der Waals surface area contributed by atoms with E-state index in [9.17, 15) is 8.78 Å². The summed E-state index contributed by atoms with van der Waals surface area (Å²) in [4.78, 5) is 0. The van der Waals surface area contributed by atoms with Crippen molar-refractivity contribution in [3.8, 4) is 0 Å². The van der Waals surface area contributed by atoms with Gasteiger partial charge in [-0.15, -0.1) is 11.6 Å². The lowest BCUT2D eigenvalue weighted by Gasteiger charge is -2.33. The minimum absolute atomic E-state index is 0.146. The van der Waals surface area contributed by atoms with Gasteiger partial charge in [-0.05, 0) is 19.3 Å². The summed E-state index contributed by atoms with van der Waals surface area (Å²) in [6, 6.07) is 0. The number of rotatable bonds is 4. The highest BCUT2D eigenvalue weighted by molar-refractivity contribution is 6.18. The molecule has 0 heterocycles. The van der Waals surface area contributed by atoms with Crippen LogP contribution in [-0.2, 0) is 0 Å².